The van der Waals surface area contributed by atoms with E-state index >= 15 is 0 Å². The van der Waals surface area contributed by atoms with Gasteiger partial charge in [0.05, 0.1) is 6.54 Å². The number of rotatable bonds is 6. The fraction of sp³-hybridized carbons (Fsp3) is 0.467. The molecule has 0 amide bonds. The monoisotopic (exact) mass is 326 g/mol. The van der Waals surface area contributed by atoms with Gasteiger partial charge in [-0.1, -0.05) is 36.2 Å². The zero-order valence-electron chi connectivity index (χ0n) is 12.5. The third-order valence-corrected chi connectivity index (χ3v) is 4.02. The number of nitrogens with one attached hydrogen (secondary N) is 1. The van der Waals surface area contributed by atoms with Crippen LogP contribution in [0.3, 0.4) is 0 Å². The molecule has 0 unspecified atom stereocenters. The highest BCUT2D eigenvalue weighted by Gasteiger charge is 2.12. The van der Waals surface area contributed by atoms with Gasteiger partial charge in [0.25, 0.3) is 0 Å². The van der Waals surface area contributed by atoms with Crippen LogP contribution in [0.5, 0.6) is 0 Å². The Labute approximate surface area is 135 Å². The Balaban J connectivity index is 2.05. The summed E-state index contributed by atoms with van der Waals surface area (Å²) in [4.78, 5) is 0. The third-order valence-electron chi connectivity index (χ3n) is 3.45. The van der Waals surface area contributed by atoms with Crippen molar-refractivity contribution in [3.63, 3.8) is 0 Å². The first kappa shape index (κ1) is 16.3. The molecule has 1 N–H and O–H groups in total. The highest BCUT2D eigenvalue weighted by atomic mass is 35.5. The summed E-state index contributed by atoms with van der Waals surface area (Å²) in [7, 11) is 0. The van der Waals surface area contributed by atoms with Crippen LogP contribution in [0.4, 0.5) is 0 Å². The Hall–Kier alpha value is -1.10. The summed E-state index contributed by atoms with van der Waals surface area (Å²) in [6.07, 6.45) is 1.06. The molecular formula is C15H20Cl2N4. The van der Waals surface area contributed by atoms with E-state index in [1.54, 1.807) is 6.07 Å². The lowest BCUT2D eigenvalue weighted by atomic mass is 10.1. The van der Waals surface area contributed by atoms with Gasteiger partial charge in [-0.2, -0.15) is 0 Å². The molecule has 0 aliphatic heterocycles. The summed E-state index contributed by atoms with van der Waals surface area (Å²) < 4.78 is 2.14. The quantitative estimate of drug-likeness (QED) is 0.866. The summed E-state index contributed by atoms with van der Waals surface area (Å²) in [5.41, 5.74) is 1.03. The Bertz CT molecular complexity index is 610. The van der Waals surface area contributed by atoms with Gasteiger partial charge in [0, 0.05) is 22.6 Å². The molecule has 2 rings (SSSR count). The molecule has 0 spiro atoms. The SMILES string of the molecule is CCCn1c(C)nnc1CN[C@H](C)c1ccc(Cl)cc1Cl. The molecule has 0 saturated carbocycles. The van der Waals surface area contributed by atoms with Crippen LogP contribution in [0, 0.1) is 6.92 Å². The topological polar surface area (TPSA) is 42.7 Å². The number of hydrogen-bond acceptors (Lipinski definition) is 3. The van der Waals surface area contributed by atoms with E-state index in [4.69, 9.17) is 23.2 Å². The second-order valence-corrected chi connectivity index (χ2v) is 5.93. The molecule has 0 fully saturated rings. The van der Waals surface area contributed by atoms with Gasteiger partial charge in [-0.05, 0) is 38.0 Å². The van der Waals surface area contributed by atoms with Crippen molar-refractivity contribution in [3.05, 3.63) is 45.5 Å². The number of aryl methyl sites for hydroxylation is 1. The van der Waals surface area contributed by atoms with Crippen molar-refractivity contribution in [2.75, 3.05) is 0 Å². The predicted octanol–water partition coefficient (Wildman–Crippen LogP) is 4.15. The normalized spacial score (nSPS) is 12.6. The van der Waals surface area contributed by atoms with Crippen LogP contribution in [-0.2, 0) is 13.1 Å². The van der Waals surface area contributed by atoms with Gasteiger partial charge in [0.1, 0.15) is 11.6 Å². The molecule has 1 aromatic heterocycles. The molecule has 1 aromatic carbocycles. The molecular weight excluding hydrogens is 307 g/mol. The lowest BCUT2D eigenvalue weighted by Crippen LogP contribution is -2.21. The van der Waals surface area contributed by atoms with Gasteiger partial charge >= 0.3 is 0 Å². The Morgan fingerprint density at radius 3 is 2.71 bits per heavy atom. The van der Waals surface area contributed by atoms with Gasteiger partial charge in [0.15, 0.2) is 0 Å². The summed E-state index contributed by atoms with van der Waals surface area (Å²) in [6.45, 7) is 7.79. The molecule has 0 aliphatic rings. The zero-order valence-corrected chi connectivity index (χ0v) is 14.0. The maximum Gasteiger partial charge on any atom is 0.147 e. The van der Waals surface area contributed by atoms with Gasteiger partial charge in [-0.15, -0.1) is 10.2 Å². The van der Waals surface area contributed by atoms with Crippen molar-refractivity contribution < 1.29 is 0 Å². The second kappa shape index (κ2) is 7.25. The van der Waals surface area contributed by atoms with Gasteiger partial charge in [-0.3, -0.25) is 0 Å². The largest absolute Gasteiger partial charge is 0.314 e. The molecule has 0 aliphatic carbocycles. The zero-order chi connectivity index (χ0) is 15.4. The molecule has 2 aromatic rings. The standard InChI is InChI=1S/C15H20Cl2N4/c1-4-7-21-11(3)19-20-15(21)9-18-10(2)13-6-5-12(16)8-14(13)17/h5-6,8,10,18H,4,7,9H2,1-3H3/t10-/m1/s1. The molecule has 0 saturated heterocycles. The Morgan fingerprint density at radius 1 is 1.29 bits per heavy atom. The number of nitrogens with zero attached hydrogens (tertiary/aromatic N) is 3. The van der Waals surface area contributed by atoms with Crippen LogP contribution >= 0.6 is 23.2 Å². The lowest BCUT2D eigenvalue weighted by molar-refractivity contribution is 0.528. The number of benzene rings is 1. The first-order valence-corrected chi connectivity index (χ1v) is 7.85. The van der Waals surface area contributed by atoms with Crippen LogP contribution < -0.4 is 5.32 Å². The smallest absolute Gasteiger partial charge is 0.147 e. The molecule has 114 valence electrons. The fourth-order valence-electron chi connectivity index (χ4n) is 2.28. The Morgan fingerprint density at radius 2 is 2.05 bits per heavy atom. The van der Waals surface area contributed by atoms with Crippen molar-refractivity contribution in [1.82, 2.24) is 20.1 Å². The van der Waals surface area contributed by atoms with Crippen molar-refractivity contribution in [2.24, 2.45) is 0 Å². The van der Waals surface area contributed by atoms with Crippen molar-refractivity contribution >= 4 is 23.2 Å². The molecule has 0 bridgehead atoms. The van der Waals surface area contributed by atoms with Crippen LogP contribution in [0.2, 0.25) is 10.0 Å². The predicted molar refractivity (Wildman–Crippen MR) is 86.8 cm³/mol. The van der Waals surface area contributed by atoms with E-state index in [9.17, 15) is 0 Å². The van der Waals surface area contributed by atoms with Crippen molar-refractivity contribution in [1.29, 1.82) is 0 Å². The van der Waals surface area contributed by atoms with E-state index in [1.807, 2.05) is 19.1 Å². The highest BCUT2D eigenvalue weighted by molar-refractivity contribution is 6.35. The van der Waals surface area contributed by atoms with Crippen molar-refractivity contribution in [3.8, 4) is 0 Å². The summed E-state index contributed by atoms with van der Waals surface area (Å²) in [5.74, 6) is 1.90. The molecule has 1 atom stereocenters. The van der Waals surface area contributed by atoms with Crippen LogP contribution in [0.15, 0.2) is 18.2 Å². The molecule has 6 heteroatoms. The number of halogens is 2. The van der Waals surface area contributed by atoms with E-state index < -0.39 is 0 Å². The second-order valence-electron chi connectivity index (χ2n) is 5.08. The van der Waals surface area contributed by atoms with Crippen LogP contribution in [-0.4, -0.2) is 14.8 Å². The number of hydrogen-bond donors (Lipinski definition) is 1. The van der Waals surface area contributed by atoms with Crippen molar-refractivity contribution in [2.45, 2.75) is 46.3 Å². The lowest BCUT2D eigenvalue weighted by Gasteiger charge is -2.16. The average Bonchev–Trinajstić information content (AvgIpc) is 2.78. The molecule has 4 nitrogen and oxygen atoms in total. The van der Waals surface area contributed by atoms with Crippen LogP contribution in [0.1, 0.15) is 43.5 Å². The van der Waals surface area contributed by atoms with Gasteiger partial charge in [0.2, 0.25) is 0 Å². The molecule has 1 heterocycles. The van der Waals surface area contributed by atoms with E-state index in [1.165, 1.54) is 0 Å². The first-order chi connectivity index (χ1) is 10.0. The van der Waals surface area contributed by atoms with E-state index in [-0.39, 0.29) is 6.04 Å². The maximum atomic E-state index is 6.23. The van der Waals surface area contributed by atoms with Gasteiger partial charge in [-0.25, -0.2) is 0 Å². The summed E-state index contributed by atoms with van der Waals surface area (Å²) in [5, 5.41) is 13.1. The summed E-state index contributed by atoms with van der Waals surface area (Å²) in [6, 6.07) is 5.68. The van der Waals surface area contributed by atoms with E-state index in [0.717, 1.165) is 30.2 Å². The third kappa shape index (κ3) is 3.96. The first-order valence-electron chi connectivity index (χ1n) is 7.10. The Kier molecular flexibility index (Phi) is 5.62. The molecule has 0 radical (unpaired) electrons. The van der Waals surface area contributed by atoms with E-state index in [0.29, 0.717) is 16.6 Å². The van der Waals surface area contributed by atoms with Gasteiger partial charge < -0.3 is 9.88 Å². The minimum atomic E-state index is 0.113. The molecule has 21 heavy (non-hydrogen) atoms. The number of aromatic nitrogens is 3. The minimum Gasteiger partial charge on any atom is -0.314 e. The maximum absolute atomic E-state index is 6.23. The minimum absolute atomic E-state index is 0.113. The average molecular weight is 327 g/mol. The highest BCUT2D eigenvalue weighted by Crippen LogP contribution is 2.26. The summed E-state index contributed by atoms with van der Waals surface area (Å²) >= 11 is 12.2. The fourth-order valence-corrected chi connectivity index (χ4v) is 2.85. The van der Waals surface area contributed by atoms with E-state index in [2.05, 4.69) is 33.9 Å². The van der Waals surface area contributed by atoms with Crippen LogP contribution in [0.25, 0.3) is 0 Å².